The number of hydrogen-bond donors (Lipinski definition) is 1. The molecule has 2 aromatic rings. The Morgan fingerprint density at radius 1 is 1.23 bits per heavy atom. The average Bonchev–Trinajstić information content (AvgIpc) is 3.19. The summed E-state index contributed by atoms with van der Waals surface area (Å²) in [6.07, 6.45) is 0.500. The van der Waals surface area contributed by atoms with E-state index in [2.05, 4.69) is 10.3 Å². The largest absolute Gasteiger partial charge is 0.453 e. The SMILES string of the molecule is CNC(=O)C1CC(n2nc(N3CCCc4nc(C)c(C(F)F)cc43)c3c2CCN(C(=O)OC)C3)C1. The average molecular weight is 489 g/mol. The van der Waals surface area contributed by atoms with Crippen molar-refractivity contribution in [3.8, 4) is 0 Å². The molecule has 0 spiro atoms. The van der Waals surface area contributed by atoms with Crippen LogP contribution in [0, 0.1) is 12.8 Å². The van der Waals surface area contributed by atoms with Crippen LogP contribution in [0.5, 0.6) is 0 Å². The number of rotatable bonds is 4. The van der Waals surface area contributed by atoms with Gasteiger partial charge in [-0.05, 0) is 38.7 Å². The molecule has 2 aromatic heterocycles. The first-order chi connectivity index (χ1) is 16.8. The molecule has 3 aliphatic rings. The number of aryl methyl sites for hydroxylation is 2. The maximum atomic E-state index is 13.7. The number of hydrogen-bond acceptors (Lipinski definition) is 6. The molecule has 35 heavy (non-hydrogen) atoms. The summed E-state index contributed by atoms with van der Waals surface area (Å²) in [6.45, 7) is 3.07. The standard InChI is InChI=1S/C24H30F2N6O3/c1-13-16(21(25)26)11-20-18(28-13)5-4-7-31(20)22-17-12-30(24(34)35-3)8-6-19(17)32(29-22)15-9-14(10-15)23(33)27-2/h11,14-15,21H,4-10,12H2,1-3H3,(H,27,33). The van der Waals surface area contributed by atoms with Crippen LogP contribution in [0.1, 0.15) is 59.9 Å². The minimum Gasteiger partial charge on any atom is -0.453 e. The van der Waals surface area contributed by atoms with E-state index >= 15 is 0 Å². The number of anilines is 2. The molecule has 4 heterocycles. The van der Waals surface area contributed by atoms with Crippen LogP contribution >= 0.6 is 0 Å². The highest BCUT2D eigenvalue weighted by Crippen LogP contribution is 2.44. The van der Waals surface area contributed by atoms with E-state index in [1.54, 1.807) is 24.9 Å². The second-order valence-corrected chi connectivity index (χ2v) is 9.46. The van der Waals surface area contributed by atoms with Crippen molar-refractivity contribution in [1.29, 1.82) is 0 Å². The molecule has 188 valence electrons. The zero-order chi connectivity index (χ0) is 24.9. The van der Waals surface area contributed by atoms with Gasteiger partial charge in [0.1, 0.15) is 0 Å². The lowest BCUT2D eigenvalue weighted by Gasteiger charge is -2.36. The molecule has 0 unspecified atom stereocenters. The first-order valence-electron chi connectivity index (χ1n) is 12.0. The van der Waals surface area contributed by atoms with Crippen molar-refractivity contribution in [2.45, 2.75) is 58.0 Å². The van der Waals surface area contributed by atoms with Crippen LogP contribution in [-0.2, 0) is 28.9 Å². The summed E-state index contributed by atoms with van der Waals surface area (Å²) in [5.41, 5.74) is 3.63. The Morgan fingerprint density at radius 3 is 2.69 bits per heavy atom. The van der Waals surface area contributed by atoms with Gasteiger partial charge in [0.15, 0.2) is 5.82 Å². The molecule has 9 nitrogen and oxygen atoms in total. The highest BCUT2D eigenvalue weighted by atomic mass is 19.3. The predicted molar refractivity (Wildman–Crippen MR) is 124 cm³/mol. The minimum absolute atomic E-state index is 0.0327. The van der Waals surface area contributed by atoms with Crippen molar-refractivity contribution < 1.29 is 23.1 Å². The van der Waals surface area contributed by atoms with E-state index in [0.717, 1.165) is 23.4 Å². The quantitative estimate of drug-likeness (QED) is 0.709. The Kier molecular flexibility index (Phi) is 6.10. The summed E-state index contributed by atoms with van der Waals surface area (Å²) in [5, 5.41) is 7.70. The predicted octanol–water partition coefficient (Wildman–Crippen LogP) is 3.43. The van der Waals surface area contributed by atoms with Crippen LogP contribution in [-0.4, -0.2) is 58.9 Å². The van der Waals surface area contributed by atoms with Crippen LogP contribution in [0.4, 0.5) is 25.1 Å². The minimum atomic E-state index is -2.62. The first-order valence-corrected chi connectivity index (χ1v) is 12.0. The molecular weight excluding hydrogens is 458 g/mol. The number of methoxy groups -OCH3 is 1. The molecule has 1 aliphatic carbocycles. The fraction of sp³-hybridized carbons (Fsp3) is 0.583. The number of ether oxygens (including phenoxy) is 1. The summed E-state index contributed by atoms with van der Waals surface area (Å²) >= 11 is 0. The molecule has 2 aliphatic heterocycles. The third-order valence-corrected chi connectivity index (χ3v) is 7.46. The van der Waals surface area contributed by atoms with Gasteiger partial charge in [-0.2, -0.15) is 5.10 Å². The smallest absolute Gasteiger partial charge is 0.409 e. The second-order valence-electron chi connectivity index (χ2n) is 9.46. The van der Waals surface area contributed by atoms with Gasteiger partial charge in [-0.3, -0.25) is 14.5 Å². The number of amides is 2. The lowest BCUT2D eigenvalue weighted by atomic mass is 9.79. The summed E-state index contributed by atoms with van der Waals surface area (Å²) in [6, 6.07) is 1.63. The van der Waals surface area contributed by atoms with E-state index in [9.17, 15) is 18.4 Å². The summed E-state index contributed by atoms with van der Waals surface area (Å²) in [7, 11) is 3.00. The number of carbonyl (C=O) groups excluding carboxylic acids is 2. The molecule has 0 saturated heterocycles. The molecule has 2 amide bonds. The number of fused-ring (bicyclic) bond motifs is 2. The third kappa shape index (κ3) is 4.00. The molecule has 0 bridgehead atoms. The fourth-order valence-corrected chi connectivity index (χ4v) is 5.48. The number of nitrogens with one attached hydrogen (secondary N) is 1. The maximum Gasteiger partial charge on any atom is 0.409 e. The van der Waals surface area contributed by atoms with E-state index < -0.39 is 12.5 Å². The lowest BCUT2D eigenvalue weighted by molar-refractivity contribution is -0.128. The molecule has 0 radical (unpaired) electrons. The zero-order valence-corrected chi connectivity index (χ0v) is 20.2. The van der Waals surface area contributed by atoms with E-state index in [1.807, 2.05) is 9.58 Å². The molecule has 0 atom stereocenters. The number of aromatic nitrogens is 3. The molecule has 0 aromatic carbocycles. The van der Waals surface area contributed by atoms with Crippen LogP contribution in [0.15, 0.2) is 6.07 Å². The normalized spacial score (nSPS) is 21.3. The molecule has 5 rings (SSSR count). The van der Waals surface area contributed by atoms with Gasteiger partial charge in [0, 0.05) is 55.0 Å². The molecule has 1 saturated carbocycles. The van der Waals surface area contributed by atoms with Gasteiger partial charge < -0.3 is 19.9 Å². The van der Waals surface area contributed by atoms with Crippen molar-refractivity contribution in [2.24, 2.45) is 5.92 Å². The fourth-order valence-electron chi connectivity index (χ4n) is 5.48. The molecular formula is C24H30F2N6O3. The van der Waals surface area contributed by atoms with Gasteiger partial charge >= 0.3 is 6.09 Å². The topological polar surface area (TPSA) is 92.6 Å². The van der Waals surface area contributed by atoms with Gasteiger partial charge in [0.2, 0.25) is 5.91 Å². The van der Waals surface area contributed by atoms with Crippen LogP contribution < -0.4 is 10.2 Å². The van der Waals surface area contributed by atoms with Crippen LogP contribution in [0.25, 0.3) is 0 Å². The van der Waals surface area contributed by atoms with E-state index in [1.165, 1.54) is 7.11 Å². The van der Waals surface area contributed by atoms with Crippen molar-refractivity contribution in [2.75, 3.05) is 32.1 Å². The molecule has 1 fully saturated rings. The Morgan fingerprint density at radius 2 is 2.00 bits per heavy atom. The van der Waals surface area contributed by atoms with Crippen molar-refractivity contribution in [3.05, 3.63) is 34.3 Å². The number of halogens is 2. The van der Waals surface area contributed by atoms with E-state index in [0.29, 0.717) is 62.5 Å². The number of alkyl halides is 2. The Labute approximate surface area is 202 Å². The van der Waals surface area contributed by atoms with E-state index in [4.69, 9.17) is 9.84 Å². The first kappa shape index (κ1) is 23.5. The molecule has 1 N–H and O–H groups in total. The van der Waals surface area contributed by atoms with Crippen molar-refractivity contribution in [1.82, 2.24) is 25.0 Å². The Hall–Kier alpha value is -3.24. The summed E-state index contributed by atoms with van der Waals surface area (Å²) in [5.74, 6) is 0.661. The zero-order valence-electron chi connectivity index (χ0n) is 20.2. The van der Waals surface area contributed by atoms with Gasteiger partial charge in [-0.15, -0.1) is 0 Å². The second kappa shape index (κ2) is 9.09. The monoisotopic (exact) mass is 488 g/mol. The van der Waals surface area contributed by atoms with Gasteiger partial charge in [-0.25, -0.2) is 13.6 Å². The van der Waals surface area contributed by atoms with Crippen LogP contribution in [0.3, 0.4) is 0 Å². The van der Waals surface area contributed by atoms with Gasteiger partial charge in [-0.1, -0.05) is 0 Å². The Balaban J connectivity index is 1.56. The lowest BCUT2D eigenvalue weighted by Crippen LogP contribution is -2.40. The highest BCUT2D eigenvalue weighted by molar-refractivity contribution is 5.79. The van der Waals surface area contributed by atoms with Crippen LogP contribution in [0.2, 0.25) is 0 Å². The van der Waals surface area contributed by atoms with Gasteiger partial charge in [0.25, 0.3) is 6.43 Å². The number of carbonyl (C=O) groups is 2. The summed E-state index contributed by atoms with van der Waals surface area (Å²) in [4.78, 5) is 32.5. The van der Waals surface area contributed by atoms with Crippen molar-refractivity contribution in [3.63, 3.8) is 0 Å². The van der Waals surface area contributed by atoms with E-state index in [-0.39, 0.29) is 23.4 Å². The number of pyridine rings is 1. The molecule has 11 heteroatoms. The van der Waals surface area contributed by atoms with Crippen molar-refractivity contribution >= 4 is 23.5 Å². The Bertz CT molecular complexity index is 1160. The third-order valence-electron chi connectivity index (χ3n) is 7.46. The highest BCUT2D eigenvalue weighted by Gasteiger charge is 2.40. The maximum absolute atomic E-state index is 13.7. The number of nitrogens with zero attached hydrogens (tertiary/aromatic N) is 5. The summed E-state index contributed by atoms with van der Waals surface area (Å²) < 4.78 is 34.4. The van der Waals surface area contributed by atoms with Gasteiger partial charge in [0.05, 0.1) is 31.1 Å².